The third-order valence-electron chi connectivity index (χ3n) is 3.68. The Morgan fingerprint density at radius 3 is 2.50 bits per heavy atom. The highest BCUT2D eigenvalue weighted by atomic mass is 32.1. The van der Waals surface area contributed by atoms with E-state index in [2.05, 4.69) is 10.6 Å². The number of nitro benzene ring substituents is 1. The van der Waals surface area contributed by atoms with Gasteiger partial charge in [0.1, 0.15) is 5.75 Å². The number of carbonyl (C=O) groups excluding carboxylic acids is 1. The molecule has 7 nitrogen and oxygen atoms in total. The summed E-state index contributed by atoms with van der Waals surface area (Å²) in [6, 6.07) is 16.3. The first-order valence-electron chi connectivity index (χ1n) is 7.52. The van der Waals surface area contributed by atoms with E-state index in [9.17, 15) is 20.0 Å². The number of phenols is 1. The van der Waals surface area contributed by atoms with Crippen LogP contribution in [0.2, 0.25) is 0 Å². The van der Waals surface area contributed by atoms with Crippen molar-refractivity contribution in [3.8, 4) is 5.75 Å². The molecule has 0 aliphatic rings. The second-order valence-corrected chi connectivity index (χ2v) is 5.84. The minimum absolute atomic E-state index is 0.0306. The number of nitrogens with zero attached hydrogens (tertiary/aromatic N) is 1. The van der Waals surface area contributed by atoms with Crippen molar-refractivity contribution in [2.45, 2.75) is 0 Å². The zero-order valence-corrected chi connectivity index (χ0v) is 14.1. The van der Waals surface area contributed by atoms with Crippen molar-refractivity contribution in [1.82, 2.24) is 5.32 Å². The molecule has 0 saturated heterocycles. The van der Waals surface area contributed by atoms with Crippen molar-refractivity contribution in [1.29, 1.82) is 0 Å². The molecule has 0 radical (unpaired) electrons. The van der Waals surface area contributed by atoms with Gasteiger partial charge in [-0.25, -0.2) is 0 Å². The number of nitrogens with one attached hydrogen (secondary N) is 2. The van der Waals surface area contributed by atoms with Gasteiger partial charge in [0.2, 0.25) is 0 Å². The van der Waals surface area contributed by atoms with Crippen LogP contribution in [0.1, 0.15) is 10.4 Å². The van der Waals surface area contributed by atoms with Crippen molar-refractivity contribution in [3.63, 3.8) is 0 Å². The smallest absolute Gasteiger partial charge is 0.271 e. The van der Waals surface area contributed by atoms with Crippen LogP contribution >= 0.6 is 12.2 Å². The lowest BCUT2D eigenvalue weighted by atomic mass is 10.1. The molecule has 3 aromatic carbocycles. The molecule has 0 fully saturated rings. The molecule has 3 aromatic rings. The summed E-state index contributed by atoms with van der Waals surface area (Å²) in [7, 11) is 0. The lowest BCUT2D eigenvalue weighted by Crippen LogP contribution is -2.34. The Hall–Kier alpha value is -3.52. The van der Waals surface area contributed by atoms with E-state index < -0.39 is 10.8 Å². The molecule has 1 amide bonds. The molecular formula is C18H13N3O4S. The number of fused-ring (bicyclic) bond motifs is 1. The van der Waals surface area contributed by atoms with Gasteiger partial charge in [0.25, 0.3) is 11.6 Å². The van der Waals surface area contributed by atoms with Crippen LogP contribution in [-0.2, 0) is 0 Å². The normalized spacial score (nSPS) is 10.3. The van der Waals surface area contributed by atoms with Crippen molar-refractivity contribution in [3.05, 3.63) is 76.3 Å². The van der Waals surface area contributed by atoms with E-state index in [1.165, 1.54) is 6.07 Å². The molecule has 3 N–H and O–H groups in total. The van der Waals surface area contributed by atoms with Crippen molar-refractivity contribution < 1.29 is 14.8 Å². The third kappa shape index (κ3) is 3.76. The van der Waals surface area contributed by atoms with E-state index >= 15 is 0 Å². The number of non-ortho nitro benzene ring substituents is 1. The van der Waals surface area contributed by atoms with Gasteiger partial charge in [-0.3, -0.25) is 20.2 Å². The predicted molar refractivity (Wildman–Crippen MR) is 102 cm³/mol. The number of amides is 1. The maximum atomic E-state index is 12.3. The van der Waals surface area contributed by atoms with Gasteiger partial charge >= 0.3 is 0 Å². The Balaban J connectivity index is 1.74. The molecule has 0 heterocycles. The molecule has 3 rings (SSSR count). The molecule has 0 bridgehead atoms. The van der Waals surface area contributed by atoms with Gasteiger partial charge in [0.15, 0.2) is 5.11 Å². The number of rotatable bonds is 3. The highest BCUT2D eigenvalue weighted by Crippen LogP contribution is 2.27. The van der Waals surface area contributed by atoms with Gasteiger partial charge in [-0.2, -0.15) is 0 Å². The van der Waals surface area contributed by atoms with Gasteiger partial charge in [0.05, 0.1) is 10.6 Å². The Bertz CT molecular complexity index is 1040. The number of benzene rings is 3. The number of hydrogen-bond donors (Lipinski definition) is 3. The van der Waals surface area contributed by atoms with E-state index in [4.69, 9.17) is 12.2 Å². The zero-order chi connectivity index (χ0) is 18.7. The van der Waals surface area contributed by atoms with Crippen LogP contribution in [0.15, 0.2) is 60.7 Å². The first kappa shape index (κ1) is 17.3. The van der Waals surface area contributed by atoms with Crippen LogP contribution in [0.3, 0.4) is 0 Å². The first-order chi connectivity index (χ1) is 12.4. The Morgan fingerprint density at radius 1 is 1.04 bits per heavy atom. The maximum absolute atomic E-state index is 12.3. The quantitative estimate of drug-likeness (QED) is 0.283. The minimum Gasteiger partial charge on any atom is -0.506 e. The number of aromatic hydroxyl groups is 1. The standard InChI is InChI=1S/C18H13N3O4S/c22-16-8-7-14(21(24)25)10-15(16)19-18(26)20-17(23)13-6-5-11-3-1-2-4-12(11)9-13/h1-10,22H,(H2,19,20,23,26). The summed E-state index contributed by atoms with van der Waals surface area (Å²) in [5.74, 6) is -0.656. The predicted octanol–water partition coefficient (Wildman–Crippen LogP) is 3.58. The largest absolute Gasteiger partial charge is 0.506 e. The summed E-state index contributed by atoms with van der Waals surface area (Å²) in [6.07, 6.45) is 0. The summed E-state index contributed by atoms with van der Waals surface area (Å²) < 4.78 is 0. The average molecular weight is 367 g/mol. The molecule has 130 valence electrons. The van der Waals surface area contributed by atoms with E-state index in [0.717, 1.165) is 22.9 Å². The molecular weight excluding hydrogens is 354 g/mol. The maximum Gasteiger partial charge on any atom is 0.271 e. The summed E-state index contributed by atoms with van der Waals surface area (Å²) in [4.78, 5) is 22.6. The van der Waals surface area contributed by atoms with Crippen LogP contribution in [0.5, 0.6) is 5.75 Å². The molecule has 0 unspecified atom stereocenters. The van der Waals surface area contributed by atoms with Crippen LogP contribution < -0.4 is 10.6 Å². The highest BCUT2D eigenvalue weighted by Gasteiger charge is 2.13. The summed E-state index contributed by atoms with van der Waals surface area (Å²) >= 11 is 5.05. The second-order valence-electron chi connectivity index (χ2n) is 5.43. The molecule has 0 aromatic heterocycles. The highest BCUT2D eigenvalue weighted by molar-refractivity contribution is 7.80. The fourth-order valence-electron chi connectivity index (χ4n) is 2.40. The summed E-state index contributed by atoms with van der Waals surface area (Å²) in [5.41, 5.74) is 0.230. The SMILES string of the molecule is O=C(NC(=S)Nc1cc([N+](=O)[O-])ccc1O)c1ccc2ccccc2c1. The molecule has 0 aliphatic heterocycles. The number of phenolic OH excluding ortho intramolecular Hbond substituents is 1. The number of anilines is 1. The monoisotopic (exact) mass is 367 g/mol. The Kier molecular flexibility index (Phi) is 4.76. The van der Waals surface area contributed by atoms with E-state index in [-0.39, 0.29) is 22.2 Å². The van der Waals surface area contributed by atoms with Crippen LogP contribution in [0, 0.1) is 10.1 Å². The Morgan fingerprint density at radius 2 is 1.77 bits per heavy atom. The summed E-state index contributed by atoms with van der Waals surface area (Å²) in [6.45, 7) is 0. The van der Waals surface area contributed by atoms with Crippen LogP contribution in [0.4, 0.5) is 11.4 Å². The number of thiocarbonyl (C=S) groups is 1. The molecule has 26 heavy (non-hydrogen) atoms. The first-order valence-corrected chi connectivity index (χ1v) is 7.93. The van der Waals surface area contributed by atoms with Gasteiger partial charge in [-0.05, 0) is 41.2 Å². The van der Waals surface area contributed by atoms with Gasteiger partial charge < -0.3 is 10.4 Å². The van der Waals surface area contributed by atoms with E-state index in [0.29, 0.717) is 5.56 Å². The van der Waals surface area contributed by atoms with Crippen molar-refractivity contribution >= 4 is 45.4 Å². The summed E-state index contributed by atoms with van der Waals surface area (Å²) in [5, 5.41) is 27.5. The van der Waals surface area contributed by atoms with Crippen LogP contribution in [-0.4, -0.2) is 21.0 Å². The topological polar surface area (TPSA) is 104 Å². The number of carbonyl (C=O) groups is 1. The van der Waals surface area contributed by atoms with Gasteiger partial charge in [-0.15, -0.1) is 0 Å². The molecule has 0 atom stereocenters. The van der Waals surface area contributed by atoms with Crippen molar-refractivity contribution in [2.75, 3.05) is 5.32 Å². The average Bonchev–Trinajstić information content (AvgIpc) is 2.62. The molecule has 0 aliphatic carbocycles. The number of hydrogen-bond acceptors (Lipinski definition) is 5. The molecule has 8 heteroatoms. The fourth-order valence-corrected chi connectivity index (χ4v) is 2.60. The van der Waals surface area contributed by atoms with Crippen molar-refractivity contribution in [2.24, 2.45) is 0 Å². The fraction of sp³-hybridized carbons (Fsp3) is 0. The van der Waals surface area contributed by atoms with E-state index in [1.807, 2.05) is 30.3 Å². The second kappa shape index (κ2) is 7.16. The van der Waals surface area contributed by atoms with Gasteiger partial charge in [0, 0.05) is 17.7 Å². The molecule has 0 saturated carbocycles. The Labute approximate surface area is 153 Å². The minimum atomic E-state index is -0.596. The van der Waals surface area contributed by atoms with E-state index in [1.54, 1.807) is 12.1 Å². The third-order valence-corrected chi connectivity index (χ3v) is 3.88. The lowest BCUT2D eigenvalue weighted by molar-refractivity contribution is -0.384. The lowest BCUT2D eigenvalue weighted by Gasteiger charge is -2.11. The molecule has 0 spiro atoms. The van der Waals surface area contributed by atoms with Gasteiger partial charge in [-0.1, -0.05) is 30.3 Å². The van der Waals surface area contributed by atoms with Crippen LogP contribution in [0.25, 0.3) is 10.8 Å². The zero-order valence-electron chi connectivity index (χ0n) is 13.3. The number of nitro groups is 1.